The van der Waals surface area contributed by atoms with E-state index in [1.54, 1.807) is 28.4 Å². The smallest absolute Gasteiger partial charge is 0.208 e. The second kappa shape index (κ2) is 5.30. The Labute approximate surface area is 104 Å². The number of ether oxygens (including phenoxy) is 4. The van der Waals surface area contributed by atoms with Crippen molar-refractivity contribution < 1.29 is 18.9 Å². The fourth-order valence-electron chi connectivity index (χ4n) is 1.55. The van der Waals surface area contributed by atoms with Gasteiger partial charge in [-0.15, -0.1) is 0 Å². The van der Waals surface area contributed by atoms with Crippen LogP contribution in [0.3, 0.4) is 0 Å². The molecule has 0 fully saturated rings. The molecular weight excluding hydrogens is 276 g/mol. The third-order valence-electron chi connectivity index (χ3n) is 2.30. The van der Waals surface area contributed by atoms with Crippen molar-refractivity contribution in [1.82, 2.24) is 0 Å². The highest BCUT2D eigenvalue weighted by molar-refractivity contribution is 9.10. The largest absolute Gasteiger partial charge is 0.492 e. The lowest BCUT2D eigenvalue weighted by Crippen LogP contribution is -2.01. The number of halogens is 1. The number of hydrogen-bond acceptors (Lipinski definition) is 4. The molecule has 1 rings (SSSR count). The van der Waals surface area contributed by atoms with Gasteiger partial charge in [0.15, 0.2) is 11.5 Å². The first-order valence-corrected chi connectivity index (χ1v) is 5.43. The number of hydrogen-bond donors (Lipinski definition) is 0. The van der Waals surface area contributed by atoms with Gasteiger partial charge in [0, 0.05) is 5.56 Å². The maximum absolute atomic E-state index is 5.30. The standard InChI is InChI=1S/C11H15BrO4/c1-6-7(12)9(14-3)11(16-5)10(15-4)8(6)13-2/h1-5H3. The first kappa shape index (κ1) is 13.0. The van der Waals surface area contributed by atoms with Crippen LogP contribution in [0.2, 0.25) is 0 Å². The molecule has 0 aliphatic heterocycles. The van der Waals surface area contributed by atoms with Crippen LogP contribution in [-0.2, 0) is 0 Å². The molecule has 0 amide bonds. The predicted octanol–water partition coefficient (Wildman–Crippen LogP) is 2.79. The maximum atomic E-state index is 5.30. The molecular formula is C11H15BrO4. The third-order valence-corrected chi connectivity index (χ3v) is 3.26. The molecule has 0 aliphatic rings. The van der Waals surface area contributed by atoms with E-state index in [-0.39, 0.29) is 0 Å². The molecule has 0 bridgehead atoms. The Balaban J connectivity index is 3.61. The van der Waals surface area contributed by atoms with Gasteiger partial charge in [-0.25, -0.2) is 0 Å². The van der Waals surface area contributed by atoms with Crippen molar-refractivity contribution in [1.29, 1.82) is 0 Å². The molecule has 1 aromatic carbocycles. The molecule has 0 aliphatic carbocycles. The zero-order valence-corrected chi connectivity index (χ0v) is 11.6. The van der Waals surface area contributed by atoms with E-state index in [1.807, 2.05) is 6.92 Å². The normalized spacial score (nSPS) is 9.88. The van der Waals surface area contributed by atoms with E-state index in [4.69, 9.17) is 18.9 Å². The van der Waals surface area contributed by atoms with Gasteiger partial charge in [-0.2, -0.15) is 0 Å². The van der Waals surface area contributed by atoms with Crippen molar-refractivity contribution in [3.8, 4) is 23.0 Å². The minimum atomic E-state index is 0.513. The van der Waals surface area contributed by atoms with Gasteiger partial charge in [-0.3, -0.25) is 0 Å². The van der Waals surface area contributed by atoms with Crippen LogP contribution in [0.4, 0.5) is 0 Å². The Hall–Kier alpha value is -1.10. The van der Waals surface area contributed by atoms with Crippen LogP contribution >= 0.6 is 15.9 Å². The summed E-state index contributed by atoms with van der Waals surface area (Å²) in [6, 6.07) is 0. The van der Waals surface area contributed by atoms with Crippen molar-refractivity contribution in [2.75, 3.05) is 28.4 Å². The molecule has 90 valence electrons. The first-order valence-electron chi connectivity index (χ1n) is 4.64. The van der Waals surface area contributed by atoms with E-state index in [1.165, 1.54) is 0 Å². The van der Waals surface area contributed by atoms with Gasteiger partial charge in [0.05, 0.1) is 32.9 Å². The van der Waals surface area contributed by atoms with Crippen LogP contribution in [0, 0.1) is 6.92 Å². The highest BCUT2D eigenvalue weighted by atomic mass is 79.9. The van der Waals surface area contributed by atoms with Gasteiger partial charge in [0.2, 0.25) is 11.5 Å². The van der Waals surface area contributed by atoms with Gasteiger partial charge in [0.1, 0.15) is 0 Å². The number of benzene rings is 1. The number of rotatable bonds is 4. The van der Waals surface area contributed by atoms with Gasteiger partial charge in [-0.05, 0) is 22.9 Å². The number of methoxy groups -OCH3 is 4. The Bertz CT molecular complexity index is 353. The van der Waals surface area contributed by atoms with Gasteiger partial charge < -0.3 is 18.9 Å². The molecule has 5 heteroatoms. The van der Waals surface area contributed by atoms with Gasteiger partial charge in [0.25, 0.3) is 0 Å². The summed E-state index contributed by atoms with van der Waals surface area (Å²) in [6.45, 7) is 1.91. The van der Waals surface area contributed by atoms with Crippen LogP contribution in [0.5, 0.6) is 23.0 Å². The van der Waals surface area contributed by atoms with E-state index >= 15 is 0 Å². The summed E-state index contributed by atoms with van der Waals surface area (Å²) >= 11 is 3.45. The summed E-state index contributed by atoms with van der Waals surface area (Å²) < 4.78 is 21.9. The van der Waals surface area contributed by atoms with Crippen molar-refractivity contribution in [3.05, 3.63) is 10.0 Å². The average molecular weight is 291 g/mol. The maximum Gasteiger partial charge on any atom is 0.208 e. The predicted molar refractivity (Wildman–Crippen MR) is 65.1 cm³/mol. The summed E-state index contributed by atoms with van der Waals surface area (Å²) in [6.07, 6.45) is 0. The molecule has 16 heavy (non-hydrogen) atoms. The lowest BCUT2D eigenvalue weighted by molar-refractivity contribution is 0.303. The summed E-state index contributed by atoms with van der Waals surface area (Å²) in [4.78, 5) is 0. The van der Waals surface area contributed by atoms with Crippen LogP contribution in [0.25, 0.3) is 0 Å². The Kier molecular flexibility index (Phi) is 4.29. The second-order valence-electron chi connectivity index (χ2n) is 3.07. The minimum absolute atomic E-state index is 0.513. The first-order chi connectivity index (χ1) is 7.62. The van der Waals surface area contributed by atoms with Crippen LogP contribution in [-0.4, -0.2) is 28.4 Å². The van der Waals surface area contributed by atoms with Crippen molar-refractivity contribution in [2.45, 2.75) is 6.92 Å². The van der Waals surface area contributed by atoms with E-state index in [9.17, 15) is 0 Å². The zero-order chi connectivity index (χ0) is 12.3. The summed E-state index contributed by atoms with van der Waals surface area (Å²) in [5, 5.41) is 0. The topological polar surface area (TPSA) is 36.9 Å². The van der Waals surface area contributed by atoms with Crippen molar-refractivity contribution in [2.24, 2.45) is 0 Å². The molecule has 0 heterocycles. The summed E-state index contributed by atoms with van der Waals surface area (Å²) in [5.41, 5.74) is 0.900. The highest BCUT2D eigenvalue weighted by Crippen LogP contribution is 2.51. The average Bonchev–Trinajstić information content (AvgIpc) is 2.31. The zero-order valence-electron chi connectivity index (χ0n) is 10.0. The van der Waals surface area contributed by atoms with Crippen LogP contribution in [0.15, 0.2) is 4.47 Å². The van der Waals surface area contributed by atoms with E-state index < -0.39 is 0 Å². The van der Waals surface area contributed by atoms with Crippen molar-refractivity contribution >= 4 is 15.9 Å². The highest BCUT2D eigenvalue weighted by Gasteiger charge is 2.23. The molecule has 0 unspecified atom stereocenters. The molecule has 0 saturated heterocycles. The quantitative estimate of drug-likeness (QED) is 0.854. The van der Waals surface area contributed by atoms with Gasteiger partial charge >= 0.3 is 0 Å². The molecule has 0 saturated carbocycles. The lowest BCUT2D eigenvalue weighted by atomic mass is 10.1. The Morgan fingerprint density at radius 1 is 0.688 bits per heavy atom. The van der Waals surface area contributed by atoms with E-state index in [0.29, 0.717) is 23.0 Å². The third kappa shape index (κ3) is 1.91. The molecule has 0 atom stereocenters. The second-order valence-corrected chi connectivity index (χ2v) is 3.86. The van der Waals surface area contributed by atoms with Gasteiger partial charge in [-0.1, -0.05) is 0 Å². The fourth-order valence-corrected chi connectivity index (χ4v) is 2.07. The fraction of sp³-hybridized carbons (Fsp3) is 0.455. The summed E-state index contributed by atoms with van der Waals surface area (Å²) in [5.74, 6) is 2.27. The minimum Gasteiger partial charge on any atom is -0.492 e. The molecule has 0 aromatic heterocycles. The van der Waals surface area contributed by atoms with E-state index in [2.05, 4.69) is 15.9 Å². The van der Waals surface area contributed by atoms with Crippen LogP contribution in [0.1, 0.15) is 5.56 Å². The lowest BCUT2D eigenvalue weighted by Gasteiger charge is -2.18. The Morgan fingerprint density at radius 3 is 1.44 bits per heavy atom. The molecule has 4 nitrogen and oxygen atoms in total. The molecule has 1 aromatic rings. The SMILES string of the molecule is COc1c(C)c(Br)c(OC)c(OC)c1OC. The van der Waals surface area contributed by atoms with Crippen LogP contribution < -0.4 is 18.9 Å². The van der Waals surface area contributed by atoms with E-state index in [0.717, 1.165) is 10.0 Å². The molecule has 0 N–H and O–H groups in total. The molecule has 0 spiro atoms. The summed E-state index contributed by atoms with van der Waals surface area (Å²) in [7, 11) is 6.28. The Morgan fingerprint density at radius 2 is 1.06 bits per heavy atom. The van der Waals surface area contributed by atoms with Crippen molar-refractivity contribution in [3.63, 3.8) is 0 Å². The monoisotopic (exact) mass is 290 g/mol. The molecule has 0 radical (unpaired) electrons.